The summed E-state index contributed by atoms with van der Waals surface area (Å²) in [6, 6.07) is 0. The molecule has 102 valence electrons. The van der Waals surface area contributed by atoms with Crippen LogP contribution in [0.3, 0.4) is 0 Å². The van der Waals surface area contributed by atoms with Crippen molar-refractivity contribution in [1.82, 2.24) is 0 Å². The van der Waals surface area contributed by atoms with Crippen LogP contribution in [0.2, 0.25) is 0 Å². The summed E-state index contributed by atoms with van der Waals surface area (Å²) in [6.07, 6.45) is 13.4. The zero-order valence-corrected chi connectivity index (χ0v) is 12.1. The quantitative estimate of drug-likeness (QED) is 0.564. The molecule has 4 heteroatoms. The molecule has 0 radical (unpaired) electrons. The molecular formula is C12H30Cl2N2. The van der Waals surface area contributed by atoms with Crippen molar-refractivity contribution >= 4 is 24.8 Å². The summed E-state index contributed by atoms with van der Waals surface area (Å²) in [5.41, 5.74) is 10.9. The van der Waals surface area contributed by atoms with E-state index in [1.807, 2.05) is 0 Å². The number of hydrogen-bond donors (Lipinski definition) is 2. The van der Waals surface area contributed by atoms with E-state index in [0.717, 1.165) is 13.1 Å². The average molecular weight is 273 g/mol. The zero-order chi connectivity index (χ0) is 10.5. The van der Waals surface area contributed by atoms with Crippen LogP contribution < -0.4 is 11.5 Å². The molecule has 0 aromatic rings. The normalized spacial score (nSPS) is 9.38. The second-order valence-electron chi connectivity index (χ2n) is 4.11. The Hall–Kier alpha value is 0.500. The van der Waals surface area contributed by atoms with Gasteiger partial charge in [0.2, 0.25) is 0 Å². The minimum atomic E-state index is 0. The Morgan fingerprint density at radius 1 is 0.375 bits per heavy atom. The fraction of sp³-hybridized carbons (Fsp3) is 1.00. The van der Waals surface area contributed by atoms with Gasteiger partial charge in [-0.25, -0.2) is 0 Å². The molecule has 0 saturated heterocycles. The van der Waals surface area contributed by atoms with Gasteiger partial charge in [0.15, 0.2) is 0 Å². The largest absolute Gasteiger partial charge is 0.330 e. The van der Waals surface area contributed by atoms with E-state index in [9.17, 15) is 0 Å². The second-order valence-corrected chi connectivity index (χ2v) is 4.11. The van der Waals surface area contributed by atoms with Crippen molar-refractivity contribution in [1.29, 1.82) is 0 Å². The molecule has 0 fully saturated rings. The van der Waals surface area contributed by atoms with Crippen LogP contribution in [-0.2, 0) is 0 Å². The van der Waals surface area contributed by atoms with E-state index in [-0.39, 0.29) is 24.8 Å². The highest BCUT2D eigenvalue weighted by Crippen LogP contribution is 2.09. The van der Waals surface area contributed by atoms with Crippen LogP contribution in [0.4, 0.5) is 0 Å². The maximum atomic E-state index is 5.43. The predicted octanol–water partition coefficient (Wildman–Crippen LogP) is 3.65. The third kappa shape index (κ3) is 20.0. The van der Waals surface area contributed by atoms with Crippen molar-refractivity contribution < 1.29 is 0 Å². The summed E-state index contributed by atoms with van der Waals surface area (Å²) < 4.78 is 0. The lowest BCUT2D eigenvalue weighted by Gasteiger charge is -2.01. The molecule has 2 nitrogen and oxygen atoms in total. The molecule has 0 atom stereocenters. The second kappa shape index (κ2) is 20.9. The SMILES string of the molecule is Cl.Cl.NCCCCCCCCCCCCN. The average Bonchev–Trinajstić information content (AvgIpc) is 2.21. The van der Waals surface area contributed by atoms with Gasteiger partial charge in [-0.15, -0.1) is 24.8 Å². The van der Waals surface area contributed by atoms with Crippen LogP contribution in [0.15, 0.2) is 0 Å². The number of nitrogens with two attached hydrogens (primary N) is 2. The van der Waals surface area contributed by atoms with Crippen molar-refractivity contribution in [2.45, 2.75) is 64.2 Å². The molecule has 0 saturated carbocycles. The van der Waals surface area contributed by atoms with E-state index in [0.29, 0.717) is 0 Å². The molecular weight excluding hydrogens is 243 g/mol. The lowest BCUT2D eigenvalue weighted by atomic mass is 10.1. The van der Waals surface area contributed by atoms with Gasteiger partial charge in [0.1, 0.15) is 0 Å². The summed E-state index contributed by atoms with van der Waals surface area (Å²) >= 11 is 0. The first-order chi connectivity index (χ1) is 6.91. The van der Waals surface area contributed by atoms with Gasteiger partial charge < -0.3 is 11.5 Å². The van der Waals surface area contributed by atoms with Gasteiger partial charge in [-0.2, -0.15) is 0 Å². The first kappa shape index (κ1) is 21.8. The minimum absolute atomic E-state index is 0. The molecule has 0 heterocycles. The first-order valence-electron chi connectivity index (χ1n) is 6.32. The molecule has 0 aromatic heterocycles. The van der Waals surface area contributed by atoms with Crippen LogP contribution in [0, 0.1) is 0 Å². The Labute approximate surface area is 114 Å². The summed E-state index contributed by atoms with van der Waals surface area (Å²) in [5, 5.41) is 0. The Morgan fingerprint density at radius 2 is 0.562 bits per heavy atom. The number of hydrogen-bond acceptors (Lipinski definition) is 2. The van der Waals surface area contributed by atoms with Crippen LogP contribution in [-0.4, -0.2) is 13.1 Å². The van der Waals surface area contributed by atoms with E-state index >= 15 is 0 Å². The van der Waals surface area contributed by atoms with E-state index in [4.69, 9.17) is 11.5 Å². The summed E-state index contributed by atoms with van der Waals surface area (Å²) in [7, 11) is 0. The van der Waals surface area contributed by atoms with Crippen molar-refractivity contribution in [3.8, 4) is 0 Å². The molecule has 0 aliphatic rings. The monoisotopic (exact) mass is 272 g/mol. The van der Waals surface area contributed by atoms with Crippen molar-refractivity contribution in [2.75, 3.05) is 13.1 Å². The topological polar surface area (TPSA) is 52.0 Å². The highest BCUT2D eigenvalue weighted by Gasteiger charge is 1.91. The van der Waals surface area contributed by atoms with Crippen molar-refractivity contribution in [2.24, 2.45) is 11.5 Å². The minimum Gasteiger partial charge on any atom is -0.330 e. The van der Waals surface area contributed by atoms with Gasteiger partial charge in [-0.05, 0) is 25.9 Å². The van der Waals surface area contributed by atoms with Crippen molar-refractivity contribution in [3.05, 3.63) is 0 Å². The standard InChI is InChI=1S/C12H28N2.2ClH/c13-11-9-7-5-3-1-2-4-6-8-10-12-14;;/h1-14H2;2*1H. The van der Waals surface area contributed by atoms with E-state index in [2.05, 4.69) is 0 Å². The Kier molecular flexibility index (Phi) is 28.4. The lowest BCUT2D eigenvalue weighted by Crippen LogP contribution is -1.97. The molecule has 0 aromatic carbocycles. The third-order valence-corrected chi connectivity index (χ3v) is 2.66. The molecule has 16 heavy (non-hydrogen) atoms. The van der Waals surface area contributed by atoms with Gasteiger partial charge in [0.05, 0.1) is 0 Å². The lowest BCUT2D eigenvalue weighted by molar-refractivity contribution is 0.554. The third-order valence-electron chi connectivity index (χ3n) is 2.66. The fourth-order valence-electron chi connectivity index (χ4n) is 1.70. The van der Waals surface area contributed by atoms with Gasteiger partial charge in [0.25, 0.3) is 0 Å². The number of unbranched alkanes of at least 4 members (excludes halogenated alkanes) is 9. The molecule has 0 amide bonds. The van der Waals surface area contributed by atoms with Gasteiger partial charge >= 0.3 is 0 Å². The molecule has 0 rings (SSSR count). The maximum absolute atomic E-state index is 5.43. The van der Waals surface area contributed by atoms with Crippen molar-refractivity contribution in [3.63, 3.8) is 0 Å². The molecule has 4 N–H and O–H groups in total. The van der Waals surface area contributed by atoms with Gasteiger partial charge in [0, 0.05) is 0 Å². The predicted molar refractivity (Wildman–Crippen MR) is 78.8 cm³/mol. The Balaban J connectivity index is -0.000000845. The van der Waals surface area contributed by atoms with E-state index in [1.165, 1.54) is 64.2 Å². The smallest absolute Gasteiger partial charge is 0.00773 e. The van der Waals surface area contributed by atoms with Gasteiger partial charge in [-0.3, -0.25) is 0 Å². The molecule has 0 unspecified atom stereocenters. The van der Waals surface area contributed by atoms with Crippen LogP contribution >= 0.6 is 24.8 Å². The molecule has 0 spiro atoms. The van der Waals surface area contributed by atoms with Crippen LogP contribution in [0.1, 0.15) is 64.2 Å². The molecule has 0 aliphatic carbocycles. The number of halogens is 2. The highest BCUT2D eigenvalue weighted by molar-refractivity contribution is 5.85. The zero-order valence-electron chi connectivity index (χ0n) is 10.5. The fourth-order valence-corrected chi connectivity index (χ4v) is 1.70. The Bertz CT molecular complexity index is 91.0. The molecule has 0 bridgehead atoms. The van der Waals surface area contributed by atoms with Crippen LogP contribution in [0.25, 0.3) is 0 Å². The molecule has 0 aliphatic heterocycles. The summed E-state index contributed by atoms with van der Waals surface area (Å²) in [4.78, 5) is 0. The highest BCUT2D eigenvalue weighted by atomic mass is 35.5. The van der Waals surface area contributed by atoms with E-state index < -0.39 is 0 Å². The first-order valence-corrected chi connectivity index (χ1v) is 6.32. The number of rotatable bonds is 11. The maximum Gasteiger partial charge on any atom is -0.00773 e. The summed E-state index contributed by atoms with van der Waals surface area (Å²) in [6.45, 7) is 1.72. The van der Waals surface area contributed by atoms with Crippen LogP contribution in [0.5, 0.6) is 0 Å². The van der Waals surface area contributed by atoms with E-state index in [1.54, 1.807) is 0 Å². The summed E-state index contributed by atoms with van der Waals surface area (Å²) in [5.74, 6) is 0. The van der Waals surface area contributed by atoms with Gasteiger partial charge in [-0.1, -0.05) is 51.4 Å². The Morgan fingerprint density at radius 3 is 0.750 bits per heavy atom.